The van der Waals surface area contributed by atoms with Crippen LogP contribution in [-0.4, -0.2) is 38.4 Å². The lowest BCUT2D eigenvalue weighted by Crippen LogP contribution is -2.13. The number of nitro groups is 1. The minimum Gasteiger partial charge on any atom is -0.493 e. The van der Waals surface area contributed by atoms with Gasteiger partial charge in [-0.15, -0.1) is 11.3 Å². The van der Waals surface area contributed by atoms with Crippen molar-refractivity contribution in [3.63, 3.8) is 0 Å². The Hall–Kier alpha value is -4.70. The number of carbonyl (C=O) groups excluding carboxylic acids is 2. The van der Waals surface area contributed by atoms with Gasteiger partial charge >= 0.3 is 0 Å². The number of methoxy groups -OCH3 is 3. The van der Waals surface area contributed by atoms with E-state index >= 15 is 0 Å². The van der Waals surface area contributed by atoms with Crippen molar-refractivity contribution in [2.75, 3.05) is 26.6 Å². The molecule has 1 N–H and O–H groups in total. The number of hydrogen-bond acceptors (Lipinski definition) is 8. The number of nitrogens with zero attached hydrogens (tertiary/aromatic N) is 1. The molecule has 0 bridgehead atoms. The van der Waals surface area contributed by atoms with Crippen LogP contribution in [-0.2, 0) is 11.2 Å². The van der Waals surface area contributed by atoms with Gasteiger partial charge in [0.05, 0.1) is 26.3 Å². The molecule has 1 heterocycles. The number of rotatable bonds is 10. The van der Waals surface area contributed by atoms with Crippen molar-refractivity contribution >= 4 is 34.9 Å². The first-order valence-corrected chi connectivity index (χ1v) is 12.2. The summed E-state index contributed by atoms with van der Waals surface area (Å²) in [5.41, 5.74) is 2.03. The number of nitrogens with one attached hydrogen (secondary N) is 1. The Balaban J connectivity index is 1.75. The lowest BCUT2D eigenvalue weighted by atomic mass is 9.99. The van der Waals surface area contributed by atoms with Crippen LogP contribution in [0.2, 0.25) is 0 Å². The third-order valence-electron chi connectivity index (χ3n) is 5.79. The topological polar surface area (TPSA) is 117 Å². The molecule has 0 atom stereocenters. The van der Waals surface area contributed by atoms with Gasteiger partial charge in [-0.3, -0.25) is 14.9 Å². The van der Waals surface area contributed by atoms with E-state index in [4.69, 9.17) is 14.2 Å². The Morgan fingerprint density at radius 1 is 0.947 bits per heavy atom. The van der Waals surface area contributed by atoms with E-state index in [-0.39, 0.29) is 11.3 Å². The minimum absolute atomic E-state index is 0.0914. The van der Waals surface area contributed by atoms with Crippen LogP contribution in [0, 0.1) is 10.1 Å². The van der Waals surface area contributed by atoms with Crippen LogP contribution in [0.1, 0.15) is 15.2 Å². The first-order valence-electron chi connectivity index (χ1n) is 11.4. The highest BCUT2D eigenvalue weighted by molar-refractivity contribution is 7.15. The van der Waals surface area contributed by atoms with Crippen molar-refractivity contribution < 1.29 is 28.7 Å². The van der Waals surface area contributed by atoms with Gasteiger partial charge in [0.25, 0.3) is 11.6 Å². The molecule has 0 radical (unpaired) electrons. The third kappa shape index (κ3) is 5.35. The molecule has 0 saturated heterocycles. The first-order chi connectivity index (χ1) is 18.4. The molecule has 10 heteroatoms. The molecule has 4 rings (SSSR count). The van der Waals surface area contributed by atoms with E-state index in [1.54, 1.807) is 30.3 Å². The van der Waals surface area contributed by atoms with Gasteiger partial charge in [0.2, 0.25) is 5.75 Å². The minimum atomic E-state index is -0.554. The lowest BCUT2D eigenvalue weighted by molar-refractivity contribution is -0.384. The zero-order valence-corrected chi connectivity index (χ0v) is 21.7. The van der Waals surface area contributed by atoms with Gasteiger partial charge in [-0.25, -0.2) is 0 Å². The zero-order valence-electron chi connectivity index (χ0n) is 20.8. The van der Waals surface area contributed by atoms with Crippen molar-refractivity contribution in [1.29, 1.82) is 0 Å². The fourth-order valence-corrected chi connectivity index (χ4v) is 5.04. The predicted octanol–water partition coefficient (Wildman–Crippen LogP) is 6.01. The van der Waals surface area contributed by atoms with Crippen molar-refractivity contribution in [2.45, 2.75) is 6.42 Å². The average Bonchev–Trinajstić information content (AvgIpc) is 3.40. The standard InChI is InChI=1S/C28H24N2O7S/c1-35-24-10-9-21(26(36-2)27(24)37-3)17-14-18(16-19(15-17)30(33)34)28(32)29-23-7-5-4-6-22(23)25-11-8-20(38-25)12-13-31/h4-11,13-16H,12H2,1-3H3,(H,29,32). The Morgan fingerprint density at radius 2 is 1.71 bits per heavy atom. The van der Waals surface area contributed by atoms with Crippen molar-refractivity contribution in [3.05, 3.63) is 87.3 Å². The first kappa shape index (κ1) is 26.4. The molecule has 4 aromatic rings. The monoisotopic (exact) mass is 532 g/mol. The summed E-state index contributed by atoms with van der Waals surface area (Å²) in [6.45, 7) is 0. The smallest absolute Gasteiger partial charge is 0.270 e. The number of carbonyl (C=O) groups is 2. The quantitative estimate of drug-likeness (QED) is 0.151. The molecule has 0 aliphatic rings. The number of amides is 1. The molecule has 9 nitrogen and oxygen atoms in total. The van der Waals surface area contributed by atoms with Crippen LogP contribution in [0.15, 0.2) is 66.7 Å². The van der Waals surface area contributed by atoms with Gasteiger partial charge in [0.1, 0.15) is 6.29 Å². The molecular weight excluding hydrogens is 508 g/mol. The SMILES string of the molecule is COc1ccc(-c2cc(C(=O)Nc3ccccc3-c3ccc(CC=O)s3)cc([N+](=O)[O-])c2)c(OC)c1OC. The van der Waals surface area contributed by atoms with E-state index in [9.17, 15) is 19.7 Å². The maximum Gasteiger partial charge on any atom is 0.270 e. The Bertz CT molecular complexity index is 1510. The lowest BCUT2D eigenvalue weighted by Gasteiger charge is -2.16. The summed E-state index contributed by atoms with van der Waals surface area (Å²) in [4.78, 5) is 37.3. The highest BCUT2D eigenvalue weighted by atomic mass is 32.1. The number of benzene rings is 3. The van der Waals surface area contributed by atoms with E-state index < -0.39 is 10.8 Å². The number of anilines is 1. The maximum atomic E-state index is 13.4. The van der Waals surface area contributed by atoms with Crippen LogP contribution in [0.5, 0.6) is 17.2 Å². The number of non-ortho nitro benzene ring substituents is 1. The van der Waals surface area contributed by atoms with Gasteiger partial charge < -0.3 is 24.3 Å². The second kappa shape index (κ2) is 11.6. The van der Waals surface area contributed by atoms with Crippen LogP contribution in [0.4, 0.5) is 11.4 Å². The Kier molecular flexibility index (Phi) is 8.03. The van der Waals surface area contributed by atoms with Gasteiger partial charge in [-0.2, -0.15) is 0 Å². The normalized spacial score (nSPS) is 10.5. The van der Waals surface area contributed by atoms with Gasteiger partial charge in [-0.05, 0) is 42.0 Å². The summed E-state index contributed by atoms with van der Waals surface area (Å²) < 4.78 is 16.3. The van der Waals surface area contributed by atoms with E-state index in [1.807, 2.05) is 24.3 Å². The Labute approximate surface area is 222 Å². The number of para-hydroxylation sites is 1. The van der Waals surface area contributed by atoms with Crippen LogP contribution in [0.3, 0.4) is 0 Å². The second-order valence-electron chi connectivity index (χ2n) is 8.04. The fraction of sp³-hybridized carbons (Fsp3) is 0.143. The second-order valence-corrected chi connectivity index (χ2v) is 9.21. The molecule has 0 unspecified atom stereocenters. The molecule has 0 aliphatic carbocycles. The fourth-order valence-electron chi connectivity index (χ4n) is 4.05. The van der Waals surface area contributed by atoms with E-state index in [1.165, 1.54) is 44.8 Å². The average molecular weight is 533 g/mol. The van der Waals surface area contributed by atoms with E-state index in [0.29, 0.717) is 40.5 Å². The summed E-state index contributed by atoms with van der Waals surface area (Å²) in [5.74, 6) is 0.543. The molecule has 0 aliphatic heterocycles. The van der Waals surface area contributed by atoms with Gasteiger partial charge in [0, 0.05) is 50.7 Å². The highest BCUT2D eigenvalue weighted by Crippen LogP contribution is 2.45. The van der Waals surface area contributed by atoms with Crippen LogP contribution in [0.25, 0.3) is 21.6 Å². The number of thiophene rings is 1. The molecule has 0 saturated carbocycles. The number of aldehydes is 1. The maximum absolute atomic E-state index is 13.4. The van der Waals surface area contributed by atoms with Crippen LogP contribution < -0.4 is 19.5 Å². The molecule has 0 spiro atoms. The van der Waals surface area contributed by atoms with Gasteiger partial charge in [0.15, 0.2) is 11.5 Å². The summed E-state index contributed by atoms with van der Waals surface area (Å²) >= 11 is 1.46. The number of nitro benzene ring substituents is 1. The Morgan fingerprint density at radius 3 is 2.39 bits per heavy atom. The summed E-state index contributed by atoms with van der Waals surface area (Å²) in [7, 11) is 4.40. The third-order valence-corrected chi connectivity index (χ3v) is 6.93. The van der Waals surface area contributed by atoms with E-state index in [2.05, 4.69) is 5.32 Å². The number of hydrogen-bond donors (Lipinski definition) is 1. The number of ether oxygens (including phenoxy) is 3. The zero-order chi connectivity index (χ0) is 27.2. The molecule has 1 aromatic heterocycles. The van der Waals surface area contributed by atoms with Crippen molar-refractivity contribution in [2.24, 2.45) is 0 Å². The van der Waals surface area contributed by atoms with Crippen molar-refractivity contribution in [1.82, 2.24) is 0 Å². The largest absolute Gasteiger partial charge is 0.493 e. The van der Waals surface area contributed by atoms with Crippen LogP contribution >= 0.6 is 11.3 Å². The molecular formula is C28H24N2O7S. The summed E-state index contributed by atoms with van der Waals surface area (Å²) in [6, 6.07) is 18.5. The van der Waals surface area contributed by atoms with E-state index in [0.717, 1.165) is 21.6 Å². The molecule has 0 fully saturated rings. The summed E-state index contributed by atoms with van der Waals surface area (Å²) in [5, 5.41) is 14.6. The van der Waals surface area contributed by atoms with Gasteiger partial charge in [-0.1, -0.05) is 18.2 Å². The van der Waals surface area contributed by atoms with Crippen molar-refractivity contribution in [3.8, 4) is 38.8 Å². The molecule has 194 valence electrons. The highest BCUT2D eigenvalue weighted by Gasteiger charge is 2.22. The molecule has 38 heavy (non-hydrogen) atoms. The summed E-state index contributed by atoms with van der Waals surface area (Å²) in [6.07, 6.45) is 1.16. The predicted molar refractivity (Wildman–Crippen MR) is 146 cm³/mol. The molecule has 3 aromatic carbocycles. The molecule has 1 amide bonds.